The zero-order valence-corrected chi connectivity index (χ0v) is 8.92. The summed E-state index contributed by atoms with van der Waals surface area (Å²) in [6.45, 7) is 0. The number of aliphatic carboxylic acids is 1. The van der Waals surface area contributed by atoms with Gasteiger partial charge in [0.1, 0.15) is 5.15 Å². The number of halogens is 1. The third-order valence-electron chi connectivity index (χ3n) is 1.86. The minimum absolute atomic E-state index is 0.344. The van der Waals surface area contributed by atoms with Crippen molar-refractivity contribution in [3.05, 3.63) is 28.2 Å². The Balaban J connectivity index is 2.51. The van der Waals surface area contributed by atoms with Crippen LogP contribution in [-0.2, 0) is 4.79 Å². The van der Waals surface area contributed by atoms with Gasteiger partial charge in [0.25, 0.3) is 0 Å². The number of aromatic nitrogens is 1. The molecule has 0 bridgehead atoms. The quantitative estimate of drug-likeness (QED) is 0.793. The predicted octanol–water partition coefficient (Wildman–Crippen LogP) is 2.07. The molecule has 4 nitrogen and oxygen atoms in total. The van der Waals surface area contributed by atoms with Crippen LogP contribution in [0.15, 0.2) is 18.2 Å². The van der Waals surface area contributed by atoms with Crippen LogP contribution >= 0.6 is 22.9 Å². The van der Waals surface area contributed by atoms with E-state index in [9.17, 15) is 9.90 Å². The molecule has 0 aliphatic carbocycles. The standard InChI is InChI=1S/C9H6ClNO3S/c10-7-2-1-5-4(11-7)3-6(15-5)8(12)9(13)14/h1-3,8,12H,(H,13,14). The van der Waals surface area contributed by atoms with Crippen LogP contribution in [0.1, 0.15) is 11.0 Å². The van der Waals surface area contributed by atoms with Crippen molar-refractivity contribution in [2.24, 2.45) is 0 Å². The third kappa shape index (κ3) is 1.94. The average molecular weight is 244 g/mol. The topological polar surface area (TPSA) is 70.4 Å². The summed E-state index contributed by atoms with van der Waals surface area (Å²) >= 11 is 6.88. The Bertz CT molecular complexity index is 525. The first kappa shape index (κ1) is 10.4. The Kier molecular flexibility index (Phi) is 2.60. The summed E-state index contributed by atoms with van der Waals surface area (Å²) in [6, 6.07) is 4.90. The lowest BCUT2D eigenvalue weighted by atomic mass is 10.3. The molecule has 15 heavy (non-hydrogen) atoms. The van der Waals surface area contributed by atoms with E-state index < -0.39 is 12.1 Å². The zero-order valence-electron chi connectivity index (χ0n) is 7.35. The maximum Gasteiger partial charge on any atom is 0.338 e. The molecule has 2 aromatic heterocycles. The Morgan fingerprint density at radius 1 is 1.53 bits per heavy atom. The van der Waals surface area contributed by atoms with Gasteiger partial charge in [-0.1, -0.05) is 11.6 Å². The van der Waals surface area contributed by atoms with Crippen LogP contribution in [0, 0.1) is 0 Å². The maximum absolute atomic E-state index is 10.6. The van der Waals surface area contributed by atoms with E-state index in [2.05, 4.69) is 4.98 Å². The molecule has 0 amide bonds. The predicted molar refractivity (Wildman–Crippen MR) is 57.2 cm³/mol. The van der Waals surface area contributed by atoms with E-state index in [-0.39, 0.29) is 0 Å². The molecular weight excluding hydrogens is 238 g/mol. The molecule has 0 spiro atoms. The molecule has 0 fully saturated rings. The molecule has 2 heterocycles. The highest BCUT2D eigenvalue weighted by molar-refractivity contribution is 7.19. The number of aliphatic hydroxyl groups is 1. The molecule has 2 rings (SSSR count). The van der Waals surface area contributed by atoms with Gasteiger partial charge in [0, 0.05) is 4.88 Å². The lowest BCUT2D eigenvalue weighted by molar-refractivity contribution is -0.146. The number of carboxylic acid groups (broad SMARTS) is 1. The molecular formula is C9H6ClNO3S. The second-order valence-electron chi connectivity index (χ2n) is 2.91. The van der Waals surface area contributed by atoms with Crippen molar-refractivity contribution in [3.63, 3.8) is 0 Å². The molecule has 2 aromatic rings. The van der Waals surface area contributed by atoms with Crippen LogP contribution in [-0.4, -0.2) is 21.2 Å². The highest BCUT2D eigenvalue weighted by Gasteiger charge is 2.18. The summed E-state index contributed by atoms with van der Waals surface area (Å²) in [5, 5.41) is 18.3. The minimum atomic E-state index is -1.50. The van der Waals surface area contributed by atoms with Crippen LogP contribution in [0.2, 0.25) is 5.15 Å². The average Bonchev–Trinajstić information content (AvgIpc) is 2.58. The number of hydrogen-bond donors (Lipinski definition) is 2. The van der Waals surface area contributed by atoms with Gasteiger partial charge in [-0.25, -0.2) is 9.78 Å². The molecule has 0 saturated carbocycles. The van der Waals surface area contributed by atoms with Crippen LogP contribution < -0.4 is 0 Å². The van der Waals surface area contributed by atoms with Crippen molar-refractivity contribution in [2.75, 3.05) is 0 Å². The molecule has 1 atom stereocenters. The molecule has 1 unspecified atom stereocenters. The summed E-state index contributed by atoms with van der Waals surface area (Å²) in [5.41, 5.74) is 0.600. The fraction of sp³-hybridized carbons (Fsp3) is 0.111. The summed E-state index contributed by atoms with van der Waals surface area (Å²) in [6.07, 6.45) is -1.50. The molecule has 0 aliphatic heterocycles. The van der Waals surface area contributed by atoms with Crippen molar-refractivity contribution >= 4 is 39.1 Å². The highest BCUT2D eigenvalue weighted by Crippen LogP contribution is 2.29. The molecule has 0 aromatic carbocycles. The fourth-order valence-electron chi connectivity index (χ4n) is 1.17. The first-order valence-electron chi connectivity index (χ1n) is 4.05. The Labute approximate surface area is 93.8 Å². The molecule has 0 aliphatic rings. The number of rotatable bonds is 2. The van der Waals surface area contributed by atoms with Crippen LogP contribution in [0.5, 0.6) is 0 Å². The van der Waals surface area contributed by atoms with Gasteiger partial charge in [0.05, 0.1) is 10.2 Å². The molecule has 2 N–H and O–H groups in total. The Morgan fingerprint density at radius 2 is 2.27 bits per heavy atom. The number of fused-ring (bicyclic) bond motifs is 1. The second kappa shape index (κ2) is 3.77. The zero-order chi connectivity index (χ0) is 11.0. The van der Waals surface area contributed by atoms with E-state index in [4.69, 9.17) is 16.7 Å². The van der Waals surface area contributed by atoms with Crippen molar-refractivity contribution < 1.29 is 15.0 Å². The minimum Gasteiger partial charge on any atom is -0.479 e. The van der Waals surface area contributed by atoms with Crippen LogP contribution in [0.3, 0.4) is 0 Å². The van der Waals surface area contributed by atoms with Crippen molar-refractivity contribution in [1.82, 2.24) is 4.98 Å². The molecule has 0 radical (unpaired) electrons. The second-order valence-corrected chi connectivity index (χ2v) is 4.41. The lowest BCUT2D eigenvalue weighted by Gasteiger charge is -1.98. The first-order valence-corrected chi connectivity index (χ1v) is 5.24. The number of carboxylic acids is 1. The fourth-order valence-corrected chi connectivity index (χ4v) is 2.31. The number of aliphatic hydroxyl groups excluding tert-OH is 1. The van der Waals surface area contributed by atoms with Gasteiger partial charge in [-0.15, -0.1) is 11.3 Å². The van der Waals surface area contributed by atoms with Gasteiger partial charge in [0.2, 0.25) is 0 Å². The van der Waals surface area contributed by atoms with E-state index in [1.165, 1.54) is 17.4 Å². The first-order chi connectivity index (χ1) is 7.08. The van der Waals surface area contributed by atoms with E-state index in [1.807, 2.05) is 0 Å². The Morgan fingerprint density at radius 3 is 2.93 bits per heavy atom. The number of hydrogen-bond acceptors (Lipinski definition) is 4. The summed E-state index contributed by atoms with van der Waals surface area (Å²) < 4.78 is 0.801. The summed E-state index contributed by atoms with van der Waals surface area (Å²) in [7, 11) is 0. The number of nitrogens with zero attached hydrogens (tertiary/aromatic N) is 1. The largest absolute Gasteiger partial charge is 0.479 e. The molecule has 0 saturated heterocycles. The van der Waals surface area contributed by atoms with Gasteiger partial charge >= 0.3 is 5.97 Å². The van der Waals surface area contributed by atoms with Gasteiger partial charge in [-0.2, -0.15) is 0 Å². The Hall–Kier alpha value is -1.17. The SMILES string of the molecule is O=C(O)C(O)c1cc2nc(Cl)ccc2s1. The summed E-state index contributed by atoms with van der Waals surface area (Å²) in [5.74, 6) is -1.27. The monoisotopic (exact) mass is 243 g/mol. The van der Waals surface area contributed by atoms with E-state index >= 15 is 0 Å². The van der Waals surface area contributed by atoms with Crippen molar-refractivity contribution in [1.29, 1.82) is 0 Å². The van der Waals surface area contributed by atoms with Crippen LogP contribution in [0.25, 0.3) is 10.2 Å². The van der Waals surface area contributed by atoms with Gasteiger partial charge in [0.15, 0.2) is 6.10 Å². The number of thiophene rings is 1. The van der Waals surface area contributed by atoms with Crippen molar-refractivity contribution in [2.45, 2.75) is 6.10 Å². The molecule has 6 heteroatoms. The lowest BCUT2D eigenvalue weighted by Crippen LogP contribution is -2.08. The number of pyridine rings is 1. The van der Waals surface area contributed by atoms with Gasteiger partial charge in [-0.3, -0.25) is 0 Å². The van der Waals surface area contributed by atoms with E-state index in [0.29, 0.717) is 15.5 Å². The van der Waals surface area contributed by atoms with E-state index in [1.54, 1.807) is 12.1 Å². The summed E-state index contributed by atoms with van der Waals surface area (Å²) in [4.78, 5) is 14.9. The van der Waals surface area contributed by atoms with Gasteiger partial charge < -0.3 is 10.2 Å². The normalized spacial score (nSPS) is 12.9. The van der Waals surface area contributed by atoms with Gasteiger partial charge in [-0.05, 0) is 18.2 Å². The van der Waals surface area contributed by atoms with Crippen LogP contribution in [0.4, 0.5) is 0 Å². The third-order valence-corrected chi connectivity index (χ3v) is 3.21. The number of carbonyl (C=O) groups is 1. The van der Waals surface area contributed by atoms with E-state index in [0.717, 1.165) is 4.70 Å². The molecule has 78 valence electrons. The van der Waals surface area contributed by atoms with Crippen molar-refractivity contribution in [3.8, 4) is 0 Å². The maximum atomic E-state index is 10.6. The smallest absolute Gasteiger partial charge is 0.338 e. The highest BCUT2D eigenvalue weighted by atomic mass is 35.5.